The Labute approximate surface area is 103 Å². The second-order valence-electron chi connectivity index (χ2n) is 3.11. The quantitative estimate of drug-likeness (QED) is 0.575. The maximum Gasteiger partial charge on any atom is 0.0646 e. The minimum absolute atomic E-state index is 0.947. The predicted octanol–water partition coefficient (Wildman–Crippen LogP) is 4.64. The Kier molecular flexibility index (Phi) is 3.57. The van der Waals surface area contributed by atoms with Gasteiger partial charge in [-0.2, -0.15) is 0 Å². The van der Waals surface area contributed by atoms with Crippen molar-refractivity contribution in [1.29, 1.82) is 0 Å². The fourth-order valence-electron chi connectivity index (χ4n) is 1.20. The van der Waals surface area contributed by atoms with E-state index in [1.165, 1.54) is 9.10 Å². The van der Waals surface area contributed by atoms with E-state index in [2.05, 4.69) is 41.8 Å². The highest BCUT2D eigenvalue weighted by molar-refractivity contribution is 8.01. The molecule has 0 unspecified atom stereocenters. The summed E-state index contributed by atoms with van der Waals surface area (Å²) in [5.41, 5.74) is 1.14. The molecule has 0 aliphatic heterocycles. The van der Waals surface area contributed by atoms with E-state index in [9.17, 15) is 0 Å². The summed E-state index contributed by atoms with van der Waals surface area (Å²) in [7, 11) is 0. The molecule has 0 aliphatic rings. The van der Waals surface area contributed by atoms with Crippen molar-refractivity contribution in [1.82, 2.24) is 0 Å². The van der Waals surface area contributed by atoms with Crippen LogP contribution >= 0.6 is 35.3 Å². The number of hydrogen-bond donors (Lipinski definition) is 0. The maximum absolute atomic E-state index is 5.12. The monoisotopic (exact) mass is 250 g/mol. The average Bonchev–Trinajstić information content (AvgIpc) is 2.71. The fraction of sp³-hybridized carbons (Fsp3) is 0.0833. The first kappa shape index (κ1) is 10.9. The van der Waals surface area contributed by atoms with Crippen molar-refractivity contribution in [2.24, 2.45) is 0 Å². The largest absolute Gasteiger partial charge is 0.137 e. The topological polar surface area (TPSA) is 0 Å². The minimum Gasteiger partial charge on any atom is -0.137 e. The zero-order valence-electron chi connectivity index (χ0n) is 8.27. The molecule has 76 valence electrons. The summed E-state index contributed by atoms with van der Waals surface area (Å²) >= 11 is 8.67. The number of hydrogen-bond acceptors (Lipinski definition) is 3. The van der Waals surface area contributed by atoms with Crippen molar-refractivity contribution in [3.05, 3.63) is 47.3 Å². The van der Waals surface area contributed by atoms with Crippen LogP contribution in [0.15, 0.2) is 50.9 Å². The highest BCUT2D eigenvalue weighted by Gasteiger charge is 1.99. The third kappa shape index (κ3) is 2.91. The summed E-state index contributed by atoms with van der Waals surface area (Å²) in [4.78, 5) is 2.21. The molecule has 2 aromatic rings. The molecule has 0 bridgehead atoms. The molecule has 0 saturated heterocycles. The van der Waals surface area contributed by atoms with Crippen molar-refractivity contribution in [3.63, 3.8) is 0 Å². The van der Waals surface area contributed by atoms with E-state index in [1.807, 2.05) is 6.92 Å². The lowest BCUT2D eigenvalue weighted by molar-refractivity contribution is 1.44. The summed E-state index contributed by atoms with van der Waals surface area (Å²) in [6.45, 7) is 1.96. The van der Waals surface area contributed by atoms with Crippen LogP contribution in [-0.2, 0) is 0 Å². The van der Waals surface area contributed by atoms with Crippen LogP contribution in [0.2, 0.25) is 0 Å². The Morgan fingerprint density at radius 2 is 1.93 bits per heavy atom. The number of thiocarbonyl (C=S) groups is 1. The van der Waals surface area contributed by atoms with Crippen LogP contribution in [0.5, 0.6) is 0 Å². The standard InChI is InChI=1S/C12H10S3/c1-9(13)10-4-6-11(7-5-10)15-12-3-2-8-14-12/h2-8H,1H3. The Morgan fingerprint density at radius 3 is 2.47 bits per heavy atom. The van der Waals surface area contributed by atoms with E-state index in [-0.39, 0.29) is 0 Å². The zero-order chi connectivity index (χ0) is 10.7. The Balaban J connectivity index is 2.14. The number of rotatable bonds is 3. The van der Waals surface area contributed by atoms with E-state index >= 15 is 0 Å². The van der Waals surface area contributed by atoms with Gasteiger partial charge >= 0.3 is 0 Å². The molecule has 2 rings (SSSR count). The van der Waals surface area contributed by atoms with Gasteiger partial charge in [-0.25, -0.2) is 0 Å². The van der Waals surface area contributed by atoms with Gasteiger partial charge in [0.05, 0.1) is 4.21 Å². The SMILES string of the molecule is CC(=S)c1ccc(Sc2cccs2)cc1. The Hall–Kier alpha value is -0.640. The highest BCUT2D eigenvalue weighted by atomic mass is 32.2. The zero-order valence-corrected chi connectivity index (χ0v) is 10.7. The van der Waals surface area contributed by atoms with E-state index < -0.39 is 0 Å². The summed E-state index contributed by atoms with van der Waals surface area (Å²) in [6.07, 6.45) is 0. The van der Waals surface area contributed by atoms with Crippen LogP contribution in [-0.4, -0.2) is 4.86 Å². The second-order valence-corrected chi connectivity index (χ2v) is 6.05. The van der Waals surface area contributed by atoms with Crippen molar-refractivity contribution < 1.29 is 0 Å². The molecule has 0 atom stereocenters. The van der Waals surface area contributed by atoms with Gasteiger partial charge < -0.3 is 0 Å². The molecule has 1 aromatic carbocycles. The van der Waals surface area contributed by atoms with Gasteiger partial charge in [-0.05, 0) is 36.1 Å². The van der Waals surface area contributed by atoms with E-state index in [0.29, 0.717) is 0 Å². The molecule has 0 nitrogen and oxygen atoms in total. The van der Waals surface area contributed by atoms with Gasteiger partial charge in [-0.3, -0.25) is 0 Å². The van der Waals surface area contributed by atoms with E-state index in [1.54, 1.807) is 23.1 Å². The van der Waals surface area contributed by atoms with E-state index in [4.69, 9.17) is 12.2 Å². The lowest BCUT2D eigenvalue weighted by Gasteiger charge is -2.00. The molecule has 0 aliphatic carbocycles. The number of benzene rings is 1. The van der Waals surface area contributed by atoms with Crippen LogP contribution in [0.4, 0.5) is 0 Å². The minimum atomic E-state index is 0.947. The molecule has 0 amide bonds. The molecule has 15 heavy (non-hydrogen) atoms. The van der Waals surface area contributed by atoms with Crippen molar-refractivity contribution >= 4 is 40.2 Å². The van der Waals surface area contributed by atoms with Gasteiger partial charge in [0.25, 0.3) is 0 Å². The summed E-state index contributed by atoms with van der Waals surface area (Å²) < 4.78 is 1.32. The van der Waals surface area contributed by atoms with Gasteiger partial charge in [0.2, 0.25) is 0 Å². The van der Waals surface area contributed by atoms with Gasteiger partial charge in [0.1, 0.15) is 0 Å². The molecular weight excluding hydrogens is 240 g/mol. The van der Waals surface area contributed by atoms with Crippen molar-refractivity contribution in [2.45, 2.75) is 16.0 Å². The molecule has 1 aromatic heterocycles. The lowest BCUT2D eigenvalue weighted by atomic mass is 10.2. The first-order valence-electron chi connectivity index (χ1n) is 4.58. The summed E-state index contributed by atoms with van der Waals surface area (Å²) in [5.74, 6) is 0. The molecule has 0 N–H and O–H groups in total. The molecule has 0 saturated carbocycles. The predicted molar refractivity (Wildman–Crippen MR) is 72.3 cm³/mol. The highest BCUT2D eigenvalue weighted by Crippen LogP contribution is 2.31. The van der Waals surface area contributed by atoms with Crippen LogP contribution in [0.3, 0.4) is 0 Å². The maximum atomic E-state index is 5.12. The van der Waals surface area contributed by atoms with Crippen molar-refractivity contribution in [2.75, 3.05) is 0 Å². The van der Waals surface area contributed by atoms with Gasteiger partial charge in [-0.15, -0.1) is 11.3 Å². The third-order valence-electron chi connectivity index (χ3n) is 1.97. The summed E-state index contributed by atoms with van der Waals surface area (Å²) in [5, 5.41) is 2.10. The molecule has 0 spiro atoms. The molecule has 0 radical (unpaired) electrons. The first-order valence-corrected chi connectivity index (χ1v) is 6.68. The summed E-state index contributed by atoms with van der Waals surface area (Å²) in [6, 6.07) is 12.6. The normalized spacial score (nSPS) is 10.2. The molecule has 3 heteroatoms. The van der Waals surface area contributed by atoms with Crippen molar-refractivity contribution in [3.8, 4) is 0 Å². The average molecular weight is 250 g/mol. The van der Waals surface area contributed by atoms with Gasteiger partial charge in [0.15, 0.2) is 0 Å². The van der Waals surface area contributed by atoms with E-state index in [0.717, 1.165) is 10.4 Å². The smallest absolute Gasteiger partial charge is 0.0646 e. The van der Waals surface area contributed by atoms with Crippen LogP contribution in [0.25, 0.3) is 0 Å². The lowest BCUT2D eigenvalue weighted by Crippen LogP contribution is -1.88. The van der Waals surface area contributed by atoms with Gasteiger partial charge in [0, 0.05) is 9.76 Å². The second kappa shape index (κ2) is 4.92. The molecular formula is C12H10S3. The Bertz CT molecular complexity index is 440. The number of thiophene rings is 1. The van der Waals surface area contributed by atoms with Crippen LogP contribution < -0.4 is 0 Å². The van der Waals surface area contributed by atoms with Crippen LogP contribution in [0.1, 0.15) is 12.5 Å². The molecule has 1 heterocycles. The molecule has 0 fully saturated rings. The third-order valence-corrected chi connectivity index (χ3v) is 4.26. The fourth-order valence-corrected chi connectivity index (χ4v) is 3.08. The van der Waals surface area contributed by atoms with Crippen LogP contribution in [0, 0.1) is 0 Å². The first-order chi connectivity index (χ1) is 7.25. The Morgan fingerprint density at radius 1 is 1.20 bits per heavy atom. The van der Waals surface area contributed by atoms with Gasteiger partial charge in [-0.1, -0.05) is 42.2 Å².